The van der Waals surface area contributed by atoms with Gasteiger partial charge in [0.2, 0.25) is 0 Å². The predicted octanol–water partition coefficient (Wildman–Crippen LogP) is 13.6. The van der Waals surface area contributed by atoms with Crippen molar-refractivity contribution >= 4 is 17.9 Å². The Bertz CT molecular complexity index is 1110. The summed E-state index contributed by atoms with van der Waals surface area (Å²) in [5, 5.41) is 11.7. The third-order valence-electron chi connectivity index (χ3n) is 11.7. The first kappa shape index (κ1) is 59.5. The standard InChI is InChI=1S/C54H99NO7/c1-6-8-10-12-14-16-18-20-22-24-25-26-27-29-31-33-35-37-39-41-43-45-53(57)62-50(48-60-47-46-51(54(58)59)55(3,4)5)49-61-52(56)44-42-40-38-36-34-32-30-28-23-21-19-17-15-13-11-9-7-2/h18,20-21,23-25,50-51H,6-17,19,22,26-49H2,1-5H3/b20-18-,23-21-,25-24-. The Labute approximate surface area is 383 Å². The molecule has 0 bridgehead atoms. The number of hydrogen-bond donors (Lipinski definition) is 0. The van der Waals surface area contributed by atoms with Crippen LogP contribution in [-0.2, 0) is 28.6 Å². The maximum Gasteiger partial charge on any atom is 0.306 e. The second-order valence-corrected chi connectivity index (χ2v) is 18.8. The quantitative estimate of drug-likeness (QED) is 0.0260. The minimum atomic E-state index is -1.12. The first-order chi connectivity index (χ1) is 30.1. The molecule has 0 saturated heterocycles. The molecule has 362 valence electrons. The number of esters is 2. The topological polar surface area (TPSA) is 102 Å². The monoisotopic (exact) mass is 874 g/mol. The van der Waals surface area contributed by atoms with Crippen LogP contribution in [0.1, 0.15) is 239 Å². The van der Waals surface area contributed by atoms with Crippen LogP contribution < -0.4 is 5.11 Å². The summed E-state index contributed by atoms with van der Waals surface area (Å²) in [6.45, 7) is 4.67. The molecule has 0 aliphatic heterocycles. The molecular weight excluding hydrogens is 775 g/mol. The van der Waals surface area contributed by atoms with Gasteiger partial charge in [0.25, 0.3) is 0 Å². The molecule has 0 amide bonds. The number of nitrogens with zero attached hydrogens (tertiary/aromatic N) is 1. The molecule has 0 rings (SSSR count). The van der Waals surface area contributed by atoms with E-state index in [1.807, 2.05) is 0 Å². The third-order valence-corrected chi connectivity index (χ3v) is 11.7. The van der Waals surface area contributed by atoms with Crippen molar-refractivity contribution in [3.63, 3.8) is 0 Å². The highest BCUT2D eigenvalue weighted by Gasteiger charge is 2.25. The molecule has 2 unspecified atom stereocenters. The summed E-state index contributed by atoms with van der Waals surface area (Å²) in [4.78, 5) is 37.0. The highest BCUT2D eigenvalue weighted by Crippen LogP contribution is 2.15. The Morgan fingerprint density at radius 3 is 1.26 bits per heavy atom. The number of likely N-dealkylation sites (N-methyl/N-ethyl adjacent to an activating group) is 1. The van der Waals surface area contributed by atoms with Crippen LogP contribution in [-0.4, -0.2) is 75.5 Å². The van der Waals surface area contributed by atoms with Gasteiger partial charge in [-0.2, -0.15) is 0 Å². The van der Waals surface area contributed by atoms with E-state index in [1.165, 1.54) is 161 Å². The molecule has 8 heteroatoms. The zero-order chi connectivity index (χ0) is 45.6. The molecule has 0 aromatic carbocycles. The van der Waals surface area contributed by atoms with E-state index in [2.05, 4.69) is 50.3 Å². The SMILES string of the molecule is CCCCCCC/C=C\C/C=C\CCCCCCCCCCCC(=O)OC(COCCC(C(=O)[O-])[N+](C)(C)C)COC(=O)CCCCCCCCC/C=C\CCCCCCCC. The molecule has 2 atom stereocenters. The van der Waals surface area contributed by atoms with E-state index >= 15 is 0 Å². The number of carbonyl (C=O) groups is 3. The van der Waals surface area contributed by atoms with Gasteiger partial charge in [-0.15, -0.1) is 0 Å². The lowest BCUT2D eigenvalue weighted by atomic mass is 10.1. The zero-order valence-electron chi connectivity index (χ0n) is 41.3. The minimum Gasteiger partial charge on any atom is -0.544 e. The van der Waals surface area contributed by atoms with E-state index in [1.54, 1.807) is 21.1 Å². The van der Waals surface area contributed by atoms with E-state index < -0.39 is 18.1 Å². The van der Waals surface area contributed by atoms with E-state index in [9.17, 15) is 19.5 Å². The molecule has 0 saturated carbocycles. The van der Waals surface area contributed by atoms with Crippen molar-refractivity contribution in [3.8, 4) is 0 Å². The van der Waals surface area contributed by atoms with Gasteiger partial charge in [-0.05, 0) is 70.6 Å². The van der Waals surface area contributed by atoms with Gasteiger partial charge in [-0.3, -0.25) is 9.59 Å². The smallest absolute Gasteiger partial charge is 0.306 e. The molecule has 0 aliphatic rings. The second kappa shape index (κ2) is 45.1. The van der Waals surface area contributed by atoms with Gasteiger partial charge < -0.3 is 28.6 Å². The number of carbonyl (C=O) groups excluding carboxylic acids is 3. The number of unbranched alkanes of at least 4 members (excludes halogenated alkanes) is 27. The molecule has 0 aliphatic carbocycles. The second-order valence-electron chi connectivity index (χ2n) is 18.8. The van der Waals surface area contributed by atoms with E-state index in [4.69, 9.17) is 14.2 Å². The average molecular weight is 874 g/mol. The summed E-state index contributed by atoms with van der Waals surface area (Å²) in [6, 6.07) is -0.727. The summed E-state index contributed by atoms with van der Waals surface area (Å²) in [5.74, 6) is -1.74. The Morgan fingerprint density at radius 2 is 0.855 bits per heavy atom. The molecule has 0 aromatic rings. The third kappa shape index (κ3) is 42.8. The zero-order valence-corrected chi connectivity index (χ0v) is 41.3. The fraction of sp³-hybridized carbons (Fsp3) is 0.833. The van der Waals surface area contributed by atoms with Gasteiger partial charge >= 0.3 is 11.9 Å². The predicted molar refractivity (Wildman–Crippen MR) is 259 cm³/mol. The summed E-state index contributed by atoms with van der Waals surface area (Å²) < 4.78 is 17.2. The normalized spacial score (nSPS) is 13.1. The number of aliphatic carboxylic acids is 1. The van der Waals surface area contributed by atoms with Crippen LogP contribution in [0.2, 0.25) is 0 Å². The number of ether oxygens (including phenoxy) is 3. The number of allylic oxidation sites excluding steroid dienone is 6. The number of rotatable bonds is 47. The Morgan fingerprint density at radius 1 is 0.484 bits per heavy atom. The lowest BCUT2D eigenvalue weighted by Gasteiger charge is -2.34. The van der Waals surface area contributed by atoms with Crippen molar-refractivity contribution in [2.75, 3.05) is 41.0 Å². The number of carboxylic acids is 1. The Hall–Kier alpha value is -2.45. The molecule has 0 spiro atoms. The van der Waals surface area contributed by atoms with Crippen LogP contribution in [0.5, 0.6) is 0 Å². The average Bonchev–Trinajstić information content (AvgIpc) is 3.23. The van der Waals surface area contributed by atoms with Crippen molar-refractivity contribution in [2.45, 2.75) is 251 Å². The first-order valence-electron chi connectivity index (χ1n) is 26.0. The van der Waals surface area contributed by atoms with Gasteiger partial charge in [0.05, 0.1) is 40.3 Å². The largest absolute Gasteiger partial charge is 0.544 e. The molecule has 62 heavy (non-hydrogen) atoms. The van der Waals surface area contributed by atoms with Crippen LogP contribution in [0.25, 0.3) is 0 Å². The molecular formula is C54H99NO7. The molecule has 0 heterocycles. The maximum absolute atomic E-state index is 12.8. The van der Waals surface area contributed by atoms with Crippen molar-refractivity contribution in [1.82, 2.24) is 0 Å². The van der Waals surface area contributed by atoms with Crippen molar-refractivity contribution in [3.05, 3.63) is 36.5 Å². The van der Waals surface area contributed by atoms with Gasteiger partial charge in [0.1, 0.15) is 12.6 Å². The molecule has 8 nitrogen and oxygen atoms in total. The van der Waals surface area contributed by atoms with Crippen LogP contribution in [0.3, 0.4) is 0 Å². The Kier molecular flexibility index (Phi) is 43.3. The summed E-state index contributed by atoms with van der Waals surface area (Å²) in [7, 11) is 5.42. The molecule has 0 fully saturated rings. The molecule has 0 N–H and O–H groups in total. The highest BCUT2D eigenvalue weighted by atomic mass is 16.6. The number of quaternary nitrogens is 1. The Balaban J connectivity index is 4.24. The molecule has 0 aromatic heterocycles. The van der Waals surface area contributed by atoms with Gasteiger partial charge in [-0.1, -0.05) is 185 Å². The van der Waals surface area contributed by atoms with E-state index in [-0.39, 0.29) is 42.7 Å². The van der Waals surface area contributed by atoms with Crippen molar-refractivity contribution < 1.29 is 38.2 Å². The lowest BCUT2D eigenvalue weighted by molar-refractivity contribution is -0.889. The molecule has 0 radical (unpaired) electrons. The number of hydrogen-bond acceptors (Lipinski definition) is 7. The maximum atomic E-state index is 12.8. The fourth-order valence-electron chi connectivity index (χ4n) is 7.69. The van der Waals surface area contributed by atoms with Gasteiger partial charge in [0, 0.05) is 19.3 Å². The van der Waals surface area contributed by atoms with Crippen LogP contribution in [0, 0.1) is 0 Å². The van der Waals surface area contributed by atoms with Crippen LogP contribution in [0.4, 0.5) is 0 Å². The van der Waals surface area contributed by atoms with E-state index in [0.29, 0.717) is 12.8 Å². The summed E-state index contributed by atoms with van der Waals surface area (Å²) in [5.41, 5.74) is 0. The van der Waals surface area contributed by atoms with E-state index in [0.717, 1.165) is 44.9 Å². The van der Waals surface area contributed by atoms with Gasteiger partial charge in [0.15, 0.2) is 6.10 Å². The minimum absolute atomic E-state index is 0.0395. The lowest BCUT2D eigenvalue weighted by Crippen LogP contribution is -2.55. The number of carboxylic acid groups (broad SMARTS) is 1. The van der Waals surface area contributed by atoms with Crippen LogP contribution in [0.15, 0.2) is 36.5 Å². The van der Waals surface area contributed by atoms with Crippen molar-refractivity contribution in [1.29, 1.82) is 0 Å². The summed E-state index contributed by atoms with van der Waals surface area (Å²) >= 11 is 0. The highest BCUT2D eigenvalue weighted by molar-refractivity contribution is 5.70. The first-order valence-corrected chi connectivity index (χ1v) is 26.0. The van der Waals surface area contributed by atoms with Gasteiger partial charge in [-0.25, -0.2) is 0 Å². The fourth-order valence-corrected chi connectivity index (χ4v) is 7.69. The summed E-state index contributed by atoms with van der Waals surface area (Å²) in [6.07, 6.45) is 53.1. The van der Waals surface area contributed by atoms with Crippen LogP contribution >= 0.6 is 0 Å². The van der Waals surface area contributed by atoms with Crippen molar-refractivity contribution in [2.24, 2.45) is 0 Å².